The molecule has 1 unspecified atom stereocenters. The zero-order valence-corrected chi connectivity index (χ0v) is 9.48. The molecule has 4 nitrogen and oxygen atoms in total. The number of ether oxygens (including phenoxy) is 1. The SMILES string of the molecule is CS(=O)(=O)CCCOCC1CCNC1. The van der Waals surface area contributed by atoms with Crippen LogP contribution >= 0.6 is 0 Å². The van der Waals surface area contributed by atoms with Crippen molar-refractivity contribution in [2.75, 3.05) is 38.3 Å². The summed E-state index contributed by atoms with van der Waals surface area (Å²) in [6, 6.07) is 0. The Labute approximate surface area is 85.9 Å². The zero-order chi connectivity index (χ0) is 10.4. The Morgan fingerprint density at radius 2 is 2.29 bits per heavy atom. The van der Waals surface area contributed by atoms with E-state index in [0.717, 1.165) is 19.7 Å². The van der Waals surface area contributed by atoms with Crippen LogP contribution in [-0.4, -0.2) is 46.7 Å². The minimum atomic E-state index is -2.82. The summed E-state index contributed by atoms with van der Waals surface area (Å²) in [4.78, 5) is 0. The Morgan fingerprint density at radius 3 is 2.86 bits per heavy atom. The van der Waals surface area contributed by atoms with Crippen LogP contribution in [0.25, 0.3) is 0 Å². The fourth-order valence-corrected chi connectivity index (χ4v) is 2.17. The maximum absolute atomic E-state index is 10.8. The maximum Gasteiger partial charge on any atom is 0.147 e. The van der Waals surface area contributed by atoms with Crippen LogP contribution in [-0.2, 0) is 14.6 Å². The molecule has 84 valence electrons. The highest BCUT2D eigenvalue weighted by Crippen LogP contribution is 2.07. The zero-order valence-electron chi connectivity index (χ0n) is 8.66. The van der Waals surface area contributed by atoms with Crippen molar-refractivity contribution in [1.29, 1.82) is 0 Å². The van der Waals surface area contributed by atoms with Crippen molar-refractivity contribution >= 4 is 9.84 Å². The molecule has 1 atom stereocenters. The predicted octanol–water partition coefficient (Wildman–Crippen LogP) is 0.0472. The van der Waals surface area contributed by atoms with Gasteiger partial charge in [-0.25, -0.2) is 8.42 Å². The summed E-state index contributed by atoms with van der Waals surface area (Å²) in [5.41, 5.74) is 0. The fraction of sp³-hybridized carbons (Fsp3) is 1.00. The quantitative estimate of drug-likeness (QED) is 0.644. The molecule has 0 aromatic rings. The first-order valence-electron chi connectivity index (χ1n) is 5.04. The number of rotatable bonds is 6. The van der Waals surface area contributed by atoms with Gasteiger partial charge in [0.1, 0.15) is 9.84 Å². The molecule has 0 aliphatic carbocycles. The first kappa shape index (κ1) is 11.9. The monoisotopic (exact) mass is 221 g/mol. The van der Waals surface area contributed by atoms with E-state index in [1.54, 1.807) is 0 Å². The van der Waals surface area contributed by atoms with E-state index in [1.807, 2.05) is 0 Å². The third-order valence-corrected chi connectivity index (χ3v) is 3.35. The van der Waals surface area contributed by atoms with E-state index in [1.165, 1.54) is 12.7 Å². The third kappa shape index (κ3) is 5.57. The van der Waals surface area contributed by atoms with Crippen molar-refractivity contribution in [2.45, 2.75) is 12.8 Å². The van der Waals surface area contributed by atoms with Crippen molar-refractivity contribution in [2.24, 2.45) is 5.92 Å². The van der Waals surface area contributed by atoms with Gasteiger partial charge in [0.2, 0.25) is 0 Å². The van der Waals surface area contributed by atoms with Gasteiger partial charge in [0.05, 0.1) is 12.4 Å². The molecule has 0 amide bonds. The summed E-state index contributed by atoms with van der Waals surface area (Å²) in [7, 11) is -2.82. The largest absolute Gasteiger partial charge is 0.381 e. The van der Waals surface area contributed by atoms with Crippen LogP contribution in [0.1, 0.15) is 12.8 Å². The predicted molar refractivity (Wildman–Crippen MR) is 56.1 cm³/mol. The summed E-state index contributed by atoms with van der Waals surface area (Å²) in [5.74, 6) is 0.851. The minimum absolute atomic E-state index is 0.232. The van der Waals surface area contributed by atoms with E-state index in [0.29, 0.717) is 18.9 Å². The van der Waals surface area contributed by atoms with Crippen molar-refractivity contribution in [3.8, 4) is 0 Å². The molecule has 0 spiro atoms. The van der Waals surface area contributed by atoms with Crippen molar-refractivity contribution in [3.05, 3.63) is 0 Å². The van der Waals surface area contributed by atoms with Crippen LogP contribution in [0, 0.1) is 5.92 Å². The van der Waals surface area contributed by atoms with Crippen molar-refractivity contribution in [1.82, 2.24) is 5.32 Å². The second kappa shape index (κ2) is 5.68. The van der Waals surface area contributed by atoms with Crippen LogP contribution < -0.4 is 5.32 Å². The van der Waals surface area contributed by atoms with Crippen LogP contribution in [0.3, 0.4) is 0 Å². The molecule has 0 radical (unpaired) electrons. The van der Waals surface area contributed by atoms with Gasteiger partial charge in [-0.2, -0.15) is 0 Å². The Bertz CT molecular complexity index is 245. The lowest BCUT2D eigenvalue weighted by Crippen LogP contribution is -2.15. The van der Waals surface area contributed by atoms with Gasteiger partial charge >= 0.3 is 0 Å². The molecule has 1 saturated heterocycles. The molecule has 14 heavy (non-hydrogen) atoms. The number of hydrogen-bond donors (Lipinski definition) is 1. The van der Waals surface area contributed by atoms with E-state index in [-0.39, 0.29) is 5.75 Å². The molecule has 1 fully saturated rings. The van der Waals surface area contributed by atoms with E-state index >= 15 is 0 Å². The molecule has 5 heteroatoms. The standard InChI is InChI=1S/C9H19NO3S/c1-14(11,12)6-2-5-13-8-9-3-4-10-7-9/h9-10H,2-8H2,1H3. The molecule has 0 aromatic heterocycles. The van der Waals surface area contributed by atoms with E-state index in [9.17, 15) is 8.42 Å². The van der Waals surface area contributed by atoms with Gasteiger partial charge in [0, 0.05) is 19.4 Å². The van der Waals surface area contributed by atoms with E-state index in [4.69, 9.17) is 4.74 Å². The first-order chi connectivity index (χ1) is 6.58. The average molecular weight is 221 g/mol. The van der Waals surface area contributed by atoms with Crippen molar-refractivity contribution < 1.29 is 13.2 Å². The van der Waals surface area contributed by atoms with E-state index < -0.39 is 9.84 Å². The Hall–Kier alpha value is -0.130. The Morgan fingerprint density at radius 1 is 1.50 bits per heavy atom. The van der Waals surface area contributed by atoms with Gasteiger partial charge < -0.3 is 10.1 Å². The van der Waals surface area contributed by atoms with Crippen LogP contribution in [0.15, 0.2) is 0 Å². The van der Waals surface area contributed by atoms with Gasteiger partial charge in [-0.05, 0) is 25.3 Å². The Kier molecular flexibility index (Phi) is 4.84. The highest BCUT2D eigenvalue weighted by Gasteiger charge is 2.13. The highest BCUT2D eigenvalue weighted by atomic mass is 32.2. The number of sulfone groups is 1. The van der Waals surface area contributed by atoms with Crippen molar-refractivity contribution in [3.63, 3.8) is 0 Å². The van der Waals surface area contributed by atoms with E-state index in [2.05, 4.69) is 5.32 Å². The normalized spacial score (nSPS) is 22.8. The molecule has 1 aliphatic heterocycles. The maximum atomic E-state index is 10.8. The average Bonchev–Trinajstić information content (AvgIpc) is 2.54. The summed E-state index contributed by atoms with van der Waals surface area (Å²) < 4.78 is 27.0. The minimum Gasteiger partial charge on any atom is -0.381 e. The first-order valence-corrected chi connectivity index (χ1v) is 7.10. The number of nitrogens with one attached hydrogen (secondary N) is 1. The number of hydrogen-bond acceptors (Lipinski definition) is 4. The highest BCUT2D eigenvalue weighted by molar-refractivity contribution is 7.90. The second-order valence-electron chi connectivity index (χ2n) is 3.92. The Balaban J connectivity index is 1.94. The third-order valence-electron chi connectivity index (χ3n) is 2.32. The lowest BCUT2D eigenvalue weighted by molar-refractivity contribution is 0.106. The van der Waals surface area contributed by atoms with Crippen LogP contribution in [0.4, 0.5) is 0 Å². The van der Waals surface area contributed by atoms with Crippen LogP contribution in [0.5, 0.6) is 0 Å². The summed E-state index contributed by atoms with van der Waals surface area (Å²) in [6.07, 6.45) is 3.04. The van der Waals surface area contributed by atoms with Gasteiger partial charge in [-0.3, -0.25) is 0 Å². The molecule has 1 heterocycles. The fourth-order valence-electron chi connectivity index (χ4n) is 1.53. The lowest BCUT2D eigenvalue weighted by atomic mass is 10.1. The van der Waals surface area contributed by atoms with Gasteiger partial charge in [0.15, 0.2) is 0 Å². The molecule has 0 bridgehead atoms. The molecule has 1 N–H and O–H groups in total. The molecular formula is C9H19NO3S. The molecule has 1 aliphatic rings. The lowest BCUT2D eigenvalue weighted by Gasteiger charge is -2.08. The topological polar surface area (TPSA) is 55.4 Å². The second-order valence-corrected chi connectivity index (χ2v) is 6.18. The molecule has 1 rings (SSSR count). The summed E-state index contributed by atoms with van der Waals surface area (Å²) in [6.45, 7) is 3.43. The van der Waals surface area contributed by atoms with Gasteiger partial charge in [-0.1, -0.05) is 0 Å². The molecule has 0 aromatic carbocycles. The smallest absolute Gasteiger partial charge is 0.147 e. The molecule has 0 saturated carbocycles. The molecular weight excluding hydrogens is 202 g/mol. The van der Waals surface area contributed by atoms with Crippen LogP contribution in [0.2, 0.25) is 0 Å². The summed E-state index contributed by atoms with van der Waals surface area (Å²) in [5, 5.41) is 3.26. The van der Waals surface area contributed by atoms with Gasteiger partial charge in [-0.15, -0.1) is 0 Å². The van der Waals surface area contributed by atoms with Gasteiger partial charge in [0.25, 0.3) is 0 Å². The summed E-state index contributed by atoms with van der Waals surface area (Å²) >= 11 is 0.